The maximum atomic E-state index is 11.9. The standard InChI is InChI=1S/C7H4F2IN3O/c8-7(9)14-5-1-3-4(2-11-5)12-13-6(3)10/h1-2,7H,(H,12,13). The first kappa shape index (κ1) is 9.56. The summed E-state index contributed by atoms with van der Waals surface area (Å²) in [6, 6.07) is 1.42. The molecule has 0 aliphatic rings. The number of nitrogens with zero attached hydrogens (tertiary/aromatic N) is 2. The quantitative estimate of drug-likeness (QED) is 0.865. The lowest BCUT2D eigenvalue weighted by Crippen LogP contribution is -2.03. The predicted molar refractivity (Wildman–Crippen MR) is 53.2 cm³/mol. The molecule has 0 radical (unpaired) electrons. The van der Waals surface area contributed by atoms with E-state index in [0.717, 1.165) is 9.09 Å². The third kappa shape index (κ3) is 1.76. The van der Waals surface area contributed by atoms with Crippen LogP contribution in [0.4, 0.5) is 8.78 Å². The van der Waals surface area contributed by atoms with E-state index in [2.05, 4.69) is 19.9 Å². The molecule has 0 spiro atoms. The minimum absolute atomic E-state index is 0.105. The molecule has 7 heteroatoms. The number of hydrogen-bond donors (Lipinski definition) is 1. The van der Waals surface area contributed by atoms with Gasteiger partial charge in [0.2, 0.25) is 5.88 Å². The second-order valence-corrected chi connectivity index (χ2v) is 3.53. The lowest BCUT2D eigenvalue weighted by molar-refractivity contribution is -0.0527. The number of halogens is 3. The van der Waals surface area contributed by atoms with Crippen molar-refractivity contribution in [3.63, 3.8) is 0 Å². The van der Waals surface area contributed by atoms with Gasteiger partial charge in [-0.3, -0.25) is 5.10 Å². The third-order valence-electron chi connectivity index (χ3n) is 1.58. The number of ether oxygens (including phenoxy) is 1. The highest BCUT2D eigenvalue weighted by Crippen LogP contribution is 2.21. The van der Waals surface area contributed by atoms with Crippen molar-refractivity contribution in [1.82, 2.24) is 15.2 Å². The number of hydrogen-bond acceptors (Lipinski definition) is 3. The van der Waals surface area contributed by atoms with Crippen molar-refractivity contribution in [3.05, 3.63) is 16.0 Å². The first-order valence-corrected chi connectivity index (χ1v) is 4.69. The second kappa shape index (κ2) is 3.64. The summed E-state index contributed by atoms with van der Waals surface area (Å²) in [7, 11) is 0. The molecule has 0 aliphatic heterocycles. The van der Waals surface area contributed by atoms with Crippen LogP contribution >= 0.6 is 22.6 Å². The maximum absolute atomic E-state index is 11.9. The third-order valence-corrected chi connectivity index (χ3v) is 2.40. The minimum Gasteiger partial charge on any atom is -0.417 e. The van der Waals surface area contributed by atoms with Gasteiger partial charge in [0.05, 0.1) is 6.20 Å². The van der Waals surface area contributed by atoms with Crippen LogP contribution < -0.4 is 4.74 Å². The molecule has 14 heavy (non-hydrogen) atoms. The molecule has 0 fully saturated rings. The fraction of sp³-hybridized carbons (Fsp3) is 0.143. The van der Waals surface area contributed by atoms with Crippen LogP contribution in [-0.2, 0) is 0 Å². The number of nitrogens with one attached hydrogen (secondary N) is 1. The summed E-state index contributed by atoms with van der Waals surface area (Å²) in [4.78, 5) is 3.67. The van der Waals surface area contributed by atoms with Crippen molar-refractivity contribution in [1.29, 1.82) is 0 Å². The summed E-state index contributed by atoms with van der Waals surface area (Å²) in [6.07, 6.45) is 1.38. The molecule has 2 rings (SSSR count). The number of H-pyrrole nitrogens is 1. The predicted octanol–water partition coefficient (Wildman–Crippen LogP) is 2.16. The molecule has 74 valence electrons. The average molecular weight is 311 g/mol. The Balaban J connectivity index is 2.44. The monoisotopic (exact) mass is 311 g/mol. The topological polar surface area (TPSA) is 50.8 Å². The first-order valence-electron chi connectivity index (χ1n) is 3.61. The van der Waals surface area contributed by atoms with E-state index in [0.29, 0.717) is 5.52 Å². The van der Waals surface area contributed by atoms with Crippen molar-refractivity contribution in [2.75, 3.05) is 0 Å². The fourth-order valence-corrected chi connectivity index (χ4v) is 1.57. The number of pyridine rings is 1. The van der Waals surface area contributed by atoms with Crippen LogP contribution in [0.3, 0.4) is 0 Å². The van der Waals surface area contributed by atoms with Crippen LogP contribution in [0.1, 0.15) is 0 Å². The zero-order valence-corrected chi connectivity index (χ0v) is 8.83. The van der Waals surface area contributed by atoms with Gasteiger partial charge in [0.25, 0.3) is 0 Å². The van der Waals surface area contributed by atoms with E-state index in [1.807, 2.05) is 22.6 Å². The zero-order valence-electron chi connectivity index (χ0n) is 6.67. The summed E-state index contributed by atoms with van der Waals surface area (Å²) < 4.78 is 28.6. The molecule has 0 saturated heterocycles. The molecule has 0 amide bonds. The number of alkyl halides is 2. The first-order chi connectivity index (χ1) is 6.66. The summed E-state index contributed by atoms with van der Waals surface area (Å²) in [5.41, 5.74) is 0.621. The van der Waals surface area contributed by atoms with Crippen molar-refractivity contribution < 1.29 is 13.5 Å². The molecular formula is C7H4F2IN3O. The molecule has 2 aromatic heterocycles. The van der Waals surface area contributed by atoms with E-state index < -0.39 is 6.61 Å². The lowest BCUT2D eigenvalue weighted by Gasteiger charge is -2.01. The molecule has 0 saturated carbocycles. The van der Waals surface area contributed by atoms with E-state index in [9.17, 15) is 8.78 Å². The molecule has 2 aromatic rings. The SMILES string of the molecule is FC(F)Oc1cc2c(I)[nH]nc2cn1. The van der Waals surface area contributed by atoms with Gasteiger partial charge in [-0.1, -0.05) is 0 Å². The second-order valence-electron chi connectivity index (χ2n) is 2.46. The molecule has 0 unspecified atom stereocenters. The Hall–Kier alpha value is -0.990. The summed E-state index contributed by atoms with van der Waals surface area (Å²) in [5.74, 6) is -0.105. The Morgan fingerprint density at radius 3 is 3.00 bits per heavy atom. The lowest BCUT2D eigenvalue weighted by atomic mass is 10.3. The van der Waals surface area contributed by atoms with Crippen molar-refractivity contribution in [2.45, 2.75) is 6.61 Å². The van der Waals surface area contributed by atoms with Gasteiger partial charge in [-0.05, 0) is 22.6 Å². The van der Waals surface area contributed by atoms with Crippen LogP contribution in [0.5, 0.6) is 5.88 Å². The van der Waals surface area contributed by atoms with Crippen molar-refractivity contribution >= 4 is 33.5 Å². The Morgan fingerprint density at radius 1 is 1.50 bits per heavy atom. The summed E-state index contributed by atoms with van der Waals surface area (Å²) in [5, 5.41) is 7.33. The molecule has 4 nitrogen and oxygen atoms in total. The van der Waals surface area contributed by atoms with Gasteiger partial charge in [0.1, 0.15) is 9.22 Å². The van der Waals surface area contributed by atoms with E-state index in [4.69, 9.17) is 0 Å². The summed E-state index contributed by atoms with van der Waals surface area (Å²) >= 11 is 2.01. The number of aromatic amines is 1. The van der Waals surface area contributed by atoms with Crippen molar-refractivity contribution in [3.8, 4) is 5.88 Å². The van der Waals surface area contributed by atoms with Gasteiger partial charge in [-0.15, -0.1) is 0 Å². The summed E-state index contributed by atoms with van der Waals surface area (Å²) in [6.45, 7) is -2.86. The zero-order chi connectivity index (χ0) is 10.1. The Kier molecular flexibility index (Phi) is 2.48. The van der Waals surface area contributed by atoms with E-state index in [1.54, 1.807) is 0 Å². The Morgan fingerprint density at radius 2 is 2.29 bits per heavy atom. The highest BCUT2D eigenvalue weighted by Gasteiger charge is 2.09. The maximum Gasteiger partial charge on any atom is 0.388 e. The van der Waals surface area contributed by atoms with Crippen LogP contribution in [0.25, 0.3) is 10.9 Å². The van der Waals surface area contributed by atoms with Crippen LogP contribution in [-0.4, -0.2) is 21.8 Å². The van der Waals surface area contributed by atoms with E-state index >= 15 is 0 Å². The van der Waals surface area contributed by atoms with Crippen LogP contribution in [0.2, 0.25) is 0 Å². The number of fused-ring (bicyclic) bond motifs is 1. The van der Waals surface area contributed by atoms with Gasteiger partial charge in [-0.2, -0.15) is 13.9 Å². The number of rotatable bonds is 2. The average Bonchev–Trinajstić information content (AvgIpc) is 2.47. The van der Waals surface area contributed by atoms with Gasteiger partial charge in [0.15, 0.2) is 0 Å². The van der Waals surface area contributed by atoms with Crippen molar-refractivity contribution in [2.24, 2.45) is 0 Å². The largest absolute Gasteiger partial charge is 0.417 e. The molecule has 2 heterocycles. The van der Waals surface area contributed by atoms with Gasteiger partial charge in [-0.25, -0.2) is 4.98 Å². The fourth-order valence-electron chi connectivity index (χ4n) is 1.02. The normalized spacial score (nSPS) is 11.1. The van der Waals surface area contributed by atoms with Crippen LogP contribution in [0.15, 0.2) is 12.3 Å². The highest BCUT2D eigenvalue weighted by atomic mass is 127. The number of aromatic nitrogens is 3. The van der Waals surface area contributed by atoms with Gasteiger partial charge >= 0.3 is 6.61 Å². The minimum atomic E-state index is -2.86. The molecule has 0 aliphatic carbocycles. The van der Waals surface area contributed by atoms with Gasteiger partial charge < -0.3 is 4.74 Å². The Bertz CT molecular complexity index is 459. The molecule has 0 atom stereocenters. The van der Waals surface area contributed by atoms with Gasteiger partial charge in [0, 0.05) is 11.5 Å². The molecule has 1 N–H and O–H groups in total. The molecular weight excluding hydrogens is 307 g/mol. The molecule has 0 bridgehead atoms. The smallest absolute Gasteiger partial charge is 0.388 e. The van der Waals surface area contributed by atoms with E-state index in [1.165, 1.54) is 12.3 Å². The van der Waals surface area contributed by atoms with E-state index in [-0.39, 0.29) is 5.88 Å². The molecule has 0 aromatic carbocycles. The van der Waals surface area contributed by atoms with Crippen LogP contribution in [0, 0.1) is 3.70 Å². The highest BCUT2D eigenvalue weighted by molar-refractivity contribution is 14.1. The Labute approximate surface area is 90.8 Å².